The molecule has 2 aliphatic rings. The van der Waals surface area contributed by atoms with Crippen LogP contribution in [-0.2, 0) is 41.8 Å². The lowest BCUT2D eigenvalue weighted by Gasteiger charge is -2.30. The number of hydrogen-bond acceptors (Lipinski definition) is 8. The Hall–Kier alpha value is -4.63. The molecule has 0 saturated carbocycles. The van der Waals surface area contributed by atoms with Crippen molar-refractivity contribution in [1.29, 1.82) is 0 Å². The van der Waals surface area contributed by atoms with Gasteiger partial charge < -0.3 is 14.3 Å². The van der Waals surface area contributed by atoms with Gasteiger partial charge in [0.1, 0.15) is 7.05 Å². The average molecular weight is 764 g/mol. The highest BCUT2D eigenvalue weighted by molar-refractivity contribution is 7.85. The number of carbonyl (C=O) groups is 3. The molecule has 1 unspecified atom stereocenters. The van der Waals surface area contributed by atoms with Gasteiger partial charge in [0.2, 0.25) is 5.52 Å². The molecule has 1 saturated heterocycles. The molecule has 1 fully saturated rings. The number of imide groups is 1. The third-order valence-corrected chi connectivity index (χ3v) is 10.1. The van der Waals surface area contributed by atoms with Crippen LogP contribution < -0.4 is 9.47 Å². The first kappa shape index (κ1) is 42.8. The van der Waals surface area contributed by atoms with Crippen LogP contribution >= 0.6 is 0 Å². The highest BCUT2D eigenvalue weighted by atomic mass is 32.2. The summed E-state index contributed by atoms with van der Waals surface area (Å²) in [5, 5.41) is 1.37. The van der Waals surface area contributed by atoms with E-state index >= 15 is 8.78 Å². The zero-order valence-electron chi connectivity index (χ0n) is 28.1. The summed E-state index contributed by atoms with van der Waals surface area (Å²) < 4.78 is 96.7. The van der Waals surface area contributed by atoms with Crippen LogP contribution in [-0.4, -0.2) is 48.1 Å². The fraction of sp³-hybridized carbons (Fsp3) is 0.421. The van der Waals surface area contributed by atoms with E-state index in [2.05, 4.69) is 0 Å². The minimum Gasteiger partial charge on any atom is -0.748 e. The molecule has 1 atom stereocenters. The molecular weight excluding hydrogens is 718 g/mol. The number of aromatic nitrogens is 1. The Kier molecular flexibility index (Phi) is 14.1. The SMILES string of the molecule is C.C.C[n+]1ccc(C=CC=C2N(CCCCS(=O)(=O)[O-])c3c(F)c(F)c(F)c(F)c3C2(C)CCCCCC(=O)ON2C(=O)CCC2=O)c2ccccc21. The molecule has 15 heteroatoms. The molecule has 1 aromatic heterocycles. The van der Waals surface area contributed by atoms with E-state index in [1.165, 1.54) is 4.90 Å². The van der Waals surface area contributed by atoms with Crippen molar-refractivity contribution < 1.29 is 54.3 Å². The predicted molar refractivity (Wildman–Crippen MR) is 191 cm³/mol. The summed E-state index contributed by atoms with van der Waals surface area (Å²) in [6.45, 7) is 1.44. The van der Waals surface area contributed by atoms with E-state index in [4.69, 9.17) is 4.84 Å². The molecule has 2 amide bonds. The number of hydrogen-bond donors (Lipinski definition) is 0. The number of fused-ring (bicyclic) bond motifs is 2. The maximum absolute atomic E-state index is 15.8. The number of carbonyl (C=O) groups excluding carboxylic acids is 3. The Morgan fingerprint density at radius 3 is 2.28 bits per heavy atom. The molecule has 0 N–H and O–H groups in total. The Morgan fingerprint density at radius 1 is 0.943 bits per heavy atom. The zero-order chi connectivity index (χ0) is 37.1. The van der Waals surface area contributed by atoms with Crippen LogP contribution in [0, 0.1) is 23.3 Å². The zero-order valence-corrected chi connectivity index (χ0v) is 28.9. The standard InChI is InChI=1S/C36H37F4N3O7S.2CH4/c1-36(19-7-3-4-15-29(46)50-43-27(44)16-17-28(43)45)26(14-10-11-23-18-21-41(2)25-13-6-5-12-24(23)25)42(20-8-9-22-51(47,48)49)35-30(36)31(37)32(38)33(39)34(35)40;;/h5-6,10-14,18,21H,3-4,7-9,15-17,19-20,22H2,1-2H3;2*1H4. The topological polar surface area (TPSA) is 128 Å². The van der Waals surface area contributed by atoms with Crippen LogP contribution in [0.15, 0.2) is 54.4 Å². The van der Waals surface area contributed by atoms with E-state index in [9.17, 15) is 36.1 Å². The van der Waals surface area contributed by atoms with Crippen molar-refractivity contribution in [2.75, 3.05) is 17.2 Å². The predicted octanol–water partition coefficient (Wildman–Crippen LogP) is 7.05. The van der Waals surface area contributed by atoms with E-state index in [0.717, 1.165) is 16.5 Å². The van der Waals surface area contributed by atoms with Crippen molar-refractivity contribution in [2.45, 2.75) is 85.0 Å². The largest absolute Gasteiger partial charge is 0.748 e. The smallest absolute Gasteiger partial charge is 0.333 e. The number of amides is 2. The van der Waals surface area contributed by atoms with Crippen molar-refractivity contribution in [1.82, 2.24) is 5.06 Å². The fourth-order valence-electron chi connectivity index (χ4n) is 6.74. The summed E-state index contributed by atoms with van der Waals surface area (Å²) in [6, 6.07) is 9.54. The number of para-hydroxylation sites is 1. The van der Waals surface area contributed by atoms with Crippen LogP contribution in [0.4, 0.5) is 23.2 Å². The average Bonchev–Trinajstić information content (AvgIpc) is 3.53. The number of pyridine rings is 1. The molecule has 53 heavy (non-hydrogen) atoms. The monoisotopic (exact) mass is 763 g/mol. The number of anilines is 1. The van der Waals surface area contributed by atoms with Gasteiger partial charge in [0.25, 0.3) is 11.8 Å². The molecule has 2 aromatic carbocycles. The molecule has 5 rings (SSSR count). The Labute approximate surface area is 307 Å². The summed E-state index contributed by atoms with van der Waals surface area (Å²) in [7, 11) is -2.66. The third-order valence-electron chi connectivity index (χ3n) is 9.31. The first-order chi connectivity index (χ1) is 24.1. The molecule has 10 nitrogen and oxygen atoms in total. The quantitative estimate of drug-likeness (QED) is 0.0325. The molecule has 288 valence electrons. The number of benzene rings is 2. The Morgan fingerprint density at radius 2 is 1.60 bits per heavy atom. The van der Waals surface area contributed by atoms with Crippen molar-refractivity contribution in [2.24, 2.45) is 7.05 Å². The van der Waals surface area contributed by atoms with Crippen LogP contribution in [0.2, 0.25) is 0 Å². The second-order valence-electron chi connectivity index (χ2n) is 12.8. The molecule has 0 spiro atoms. The Bertz CT molecular complexity index is 2040. The molecule has 0 bridgehead atoms. The molecule has 2 aliphatic heterocycles. The van der Waals surface area contributed by atoms with Crippen LogP contribution in [0.1, 0.15) is 90.7 Å². The van der Waals surface area contributed by atoms with Gasteiger partial charge >= 0.3 is 5.97 Å². The summed E-state index contributed by atoms with van der Waals surface area (Å²) in [4.78, 5) is 42.0. The molecule has 3 aromatic rings. The number of aryl methyl sites for hydroxylation is 1. The van der Waals surface area contributed by atoms with Gasteiger partial charge in [-0.1, -0.05) is 52.0 Å². The van der Waals surface area contributed by atoms with Crippen molar-refractivity contribution in [3.63, 3.8) is 0 Å². The summed E-state index contributed by atoms with van der Waals surface area (Å²) in [6.07, 6.45) is 7.60. The normalized spacial score (nSPS) is 17.8. The molecule has 0 radical (unpaired) electrons. The maximum Gasteiger partial charge on any atom is 0.333 e. The van der Waals surface area contributed by atoms with Gasteiger partial charge in [-0.15, -0.1) is 5.06 Å². The van der Waals surface area contributed by atoms with Gasteiger partial charge in [-0.2, -0.15) is 0 Å². The van der Waals surface area contributed by atoms with Gasteiger partial charge in [0.05, 0.1) is 21.2 Å². The first-order valence-electron chi connectivity index (χ1n) is 16.5. The number of halogens is 4. The number of nitrogens with zero attached hydrogens (tertiary/aromatic N) is 3. The van der Waals surface area contributed by atoms with Crippen molar-refractivity contribution in [3.05, 3.63) is 88.8 Å². The van der Waals surface area contributed by atoms with Crippen LogP contribution in [0.25, 0.3) is 17.0 Å². The molecule has 0 aliphatic carbocycles. The van der Waals surface area contributed by atoms with Gasteiger partial charge in [-0.25, -0.2) is 35.3 Å². The summed E-state index contributed by atoms with van der Waals surface area (Å²) in [5.41, 5.74) is -0.291. The number of hydroxylamine groups is 2. The van der Waals surface area contributed by atoms with Gasteiger partial charge in [-0.3, -0.25) is 9.59 Å². The van der Waals surface area contributed by atoms with E-state index in [1.807, 2.05) is 48.1 Å². The van der Waals surface area contributed by atoms with E-state index < -0.39 is 73.6 Å². The van der Waals surface area contributed by atoms with Crippen LogP contribution in [0.5, 0.6) is 0 Å². The fourth-order valence-corrected chi connectivity index (χ4v) is 7.29. The van der Waals surface area contributed by atoms with Gasteiger partial charge in [0.15, 0.2) is 29.5 Å². The summed E-state index contributed by atoms with van der Waals surface area (Å²) in [5.74, 6) is -9.83. The number of allylic oxidation sites excluding steroid dienone is 3. The van der Waals surface area contributed by atoms with Crippen molar-refractivity contribution >= 4 is 50.6 Å². The summed E-state index contributed by atoms with van der Waals surface area (Å²) >= 11 is 0. The number of unbranched alkanes of at least 4 members (excludes halogenated alkanes) is 3. The first-order valence-corrected chi connectivity index (χ1v) is 18.1. The maximum atomic E-state index is 15.8. The lowest BCUT2D eigenvalue weighted by Crippen LogP contribution is -2.32. The number of rotatable bonds is 14. The van der Waals surface area contributed by atoms with Gasteiger partial charge in [-0.05, 0) is 50.3 Å². The lowest BCUT2D eigenvalue weighted by atomic mass is 9.76. The van der Waals surface area contributed by atoms with E-state index in [1.54, 1.807) is 25.2 Å². The van der Waals surface area contributed by atoms with Crippen LogP contribution in [0.3, 0.4) is 0 Å². The van der Waals surface area contributed by atoms with E-state index in [0.29, 0.717) is 17.9 Å². The molecular formula is C38H45F4N3O7S. The second-order valence-corrected chi connectivity index (χ2v) is 14.4. The van der Waals surface area contributed by atoms with E-state index in [-0.39, 0.29) is 72.0 Å². The highest BCUT2D eigenvalue weighted by Gasteiger charge is 2.49. The lowest BCUT2D eigenvalue weighted by molar-refractivity contribution is -0.644. The highest BCUT2D eigenvalue weighted by Crippen LogP contribution is 2.54. The minimum absolute atomic E-state index is 0. The van der Waals surface area contributed by atoms with Crippen molar-refractivity contribution in [3.8, 4) is 0 Å². The molecule has 3 heterocycles. The second kappa shape index (κ2) is 17.5. The third kappa shape index (κ3) is 9.13. The Balaban J connectivity index is 0.00000378. The van der Waals surface area contributed by atoms with Gasteiger partial charge in [0, 0.05) is 60.4 Å². The minimum atomic E-state index is -4.55.